The molecule has 1 atom stereocenters. The van der Waals surface area contributed by atoms with Crippen LogP contribution in [0, 0.1) is 0 Å². The van der Waals surface area contributed by atoms with Crippen molar-refractivity contribution >= 4 is 34.8 Å². The molecule has 0 aliphatic carbocycles. The van der Waals surface area contributed by atoms with Crippen molar-refractivity contribution < 1.29 is 9.59 Å². The van der Waals surface area contributed by atoms with Crippen LogP contribution in [0.5, 0.6) is 0 Å². The van der Waals surface area contributed by atoms with Crippen molar-refractivity contribution in [3.8, 4) is 0 Å². The third-order valence-electron chi connectivity index (χ3n) is 3.97. The molecule has 1 unspecified atom stereocenters. The van der Waals surface area contributed by atoms with Crippen molar-refractivity contribution in [2.24, 2.45) is 0 Å². The van der Waals surface area contributed by atoms with Gasteiger partial charge in [0.05, 0.1) is 5.69 Å². The first-order chi connectivity index (χ1) is 12.2. The first-order valence-corrected chi connectivity index (χ1v) is 8.68. The van der Waals surface area contributed by atoms with Gasteiger partial charge in [-0.15, -0.1) is 0 Å². The second kappa shape index (κ2) is 6.61. The highest BCUT2D eigenvalue weighted by molar-refractivity contribution is 6.30. The Hall–Kier alpha value is -2.60. The molecule has 0 fully saturated rings. The summed E-state index contributed by atoms with van der Waals surface area (Å²) >= 11 is 5.98. The highest BCUT2D eigenvalue weighted by atomic mass is 35.5. The summed E-state index contributed by atoms with van der Waals surface area (Å²) < 4.78 is 1.63. The van der Waals surface area contributed by atoms with Crippen molar-refractivity contribution in [2.45, 2.75) is 39.3 Å². The summed E-state index contributed by atoms with van der Waals surface area (Å²) in [6, 6.07) is 7.76. The zero-order valence-electron chi connectivity index (χ0n) is 15.2. The molecule has 0 saturated carbocycles. The number of nitrogens with zero attached hydrogens (tertiary/aromatic N) is 3. The van der Waals surface area contributed by atoms with E-state index in [0.29, 0.717) is 22.1 Å². The van der Waals surface area contributed by atoms with Gasteiger partial charge in [0, 0.05) is 34.2 Å². The number of benzene rings is 1. The van der Waals surface area contributed by atoms with E-state index in [9.17, 15) is 9.59 Å². The molecule has 0 bridgehead atoms. The van der Waals surface area contributed by atoms with Gasteiger partial charge >= 0.3 is 0 Å². The molecule has 0 saturated heterocycles. The topological polar surface area (TPSA) is 67.2 Å². The number of halogens is 1. The second-order valence-electron chi connectivity index (χ2n) is 7.28. The molecule has 0 radical (unpaired) electrons. The molecule has 3 rings (SSSR count). The summed E-state index contributed by atoms with van der Waals surface area (Å²) in [5.41, 5.74) is 1.43. The zero-order valence-corrected chi connectivity index (χ0v) is 15.9. The predicted octanol–water partition coefficient (Wildman–Crippen LogP) is 3.40. The lowest BCUT2D eigenvalue weighted by Crippen LogP contribution is -2.49. The SMILES string of the molecule is CC1=CC(=O)N(c2ccc(Cl)cc2)C(C(=O)NC(C)(C)C)c2ccnn21. The van der Waals surface area contributed by atoms with E-state index in [-0.39, 0.29) is 11.8 Å². The van der Waals surface area contributed by atoms with Crippen LogP contribution in [-0.4, -0.2) is 27.1 Å². The summed E-state index contributed by atoms with van der Waals surface area (Å²) in [5, 5.41) is 7.80. The maximum atomic E-state index is 13.1. The molecule has 0 spiro atoms. The Bertz CT molecular complexity index is 878. The van der Waals surface area contributed by atoms with Gasteiger partial charge in [0.1, 0.15) is 0 Å². The Morgan fingerprint density at radius 2 is 1.85 bits per heavy atom. The van der Waals surface area contributed by atoms with E-state index in [1.165, 1.54) is 11.0 Å². The number of hydrogen-bond donors (Lipinski definition) is 1. The van der Waals surface area contributed by atoms with Gasteiger partial charge in [-0.05, 0) is 58.0 Å². The van der Waals surface area contributed by atoms with Crippen molar-refractivity contribution in [2.75, 3.05) is 4.90 Å². The standard InChI is InChI=1S/C19H21ClN4O2/c1-12-11-16(25)23(14-7-5-13(20)6-8-14)17(15-9-10-21-24(12)15)18(26)22-19(2,3)4/h5-11,17H,1-4H3,(H,22,26). The smallest absolute Gasteiger partial charge is 0.253 e. The van der Waals surface area contributed by atoms with E-state index in [2.05, 4.69) is 10.4 Å². The monoisotopic (exact) mass is 372 g/mol. The van der Waals surface area contributed by atoms with Gasteiger partial charge < -0.3 is 5.32 Å². The van der Waals surface area contributed by atoms with Crippen molar-refractivity contribution in [3.63, 3.8) is 0 Å². The van der Waals surface area contributed by atoms with Crippen molar-refractivity contribution in [3.05, 3.63) is 53.3 Å². The fourth-order valence-corrected chi connectivity index (χ4v) is 3.08. The van der Waals surface area contributed by atoms with Crippen LogP contribution in [0.25, 0.3) is 5.70 Å². The zero-order chi connectivity index (χ0) is 19.1. The van der Waals surface area contributed by atoms with Crippen LogP contribution in [0.3, 0.4) is 0 Å². The average molecular weight is 373 g/mol. The first-order valence-electron chi connectivity index (χ1n) is 8.31. The third kappa shape index (κ3) is 3.51. The molecule has 6 nitrogen and oxygen atoms in total. The molecular weight excluding hydrogens is 352 g/mol. The van der Waals surface area contributed by atoms with Gasteiger partial charge in [0.2, 0.25) is 5.91 Å². The van der Waals surface area contributed by atoms with E-state index in [0.717, 1.165) is 0 Å². The maximum absolute atomic E-state index is 13.1. The number of nitrogens with one attached hydrogen (secondary N) is 1. The van der Waals surface area contributed by atoms with Crippen LogP contribution in [0.15, 0.2) is 42.6 Å². The van der Waals surface area contributed by atoms with Crippen molar-refractivity contribution in [1.29, 1.82) is 0 Å². The molecule has 26 heavy (non-hydrogen) atoms. The summed E-state index contributed by atoms with van der Waals surface area (Å²) in [5.74, 6) is -0.560. The molecule has 136 valence electrons. The van der Waals surface area contributed by atoms with Crippen LogP contribution in [0.1, 0.15) is 39.4 Å². The fraction of sp³-hybridized carbons (Fsp3) is 0.316. The van der Waals surface area contributed by atoms with Gasteiger partial charge in [-0.25, -0.2) is 4.68 Å². The molecular formula is C19H21ClN4O2. The quantitative estimate of drug-likeness (QED) is 0.878. The third-order valence-corrected chi connectivity index (χ3v) is 4.22. The van der Waals surface area contributed by atoms with Crippen LogP contribution in [0.2, 0.25) is 5.02 Å². The van der Waals surface area contributed by atoms with Gasteiger partial charge in [-0.3, -0.25) is 14.5 Å². The number of fused-ring (bicyclic) bond motifs is 1. The van der Waals surface area contributed by atoms with Gasteiger partial charge in [0.25, 0.3) is 5.91 Å². The van der Waals surface area contributed by atoms with Crippen LogP contribution in [-0.2, 0) is 9.59 Å². The maximum Gasteiger partial charge on any atom is 0.253 e. The lowest BCUT2D eigenvalue weighted by molar-refractivity contribution is -0.126. The van der Waals surface area contributed by atoms with Crippen molar-refractivity contribution in [1.82, 2.24) is 15.1 Å². The lowest BCUT2D eigenvalue weighted by atomic mass is 10.1. The minimum absolute atomic E-state index is 0.273. The molecule has 2 heterocycles. The Morgan fingerprint density at radius 3 is 2.46 bits per heavy atom. The summed E-state index contributed by atoms with van der Waals surface area (Å²) in [7, 11) is 0. The van der Waals surface area contributed by atoms with E-state index in [1.54, 1.807) is 48.1 Å². The molecule has 7 heteroatoms. The van der Waals surface area contributed by atoms with Gasteiger partial charge in [-0.1, -0.05) is 11.6 Å². The number of anilines is 1. The number of carbonyl (C=O) groups is 2. The summed E-state index contributed by atoms with van der Waals surface area (Å²) in [6.07, 6.45) is 3.11. The Balaban J connectivity index is 2.16. The number of amides is 2. The Labute approximate surface area is 157 Å². The molecule has 1 aromatic carbocycles. The van der Waals surface area contributed by atoms with Crippen LogP contribution >= 0.6 is 11.6 Å². The molecule has 1 aliphatic rings. The normalized spacial score (nSPS) is 17.4. The summed E-state index contributed by atoms with van der Waals surface area (Å²) in [4.78, 5) is 27.6. The van der Waals surface area contributed by atoms with Gasteiger partial charge in [-0.2, -0.15) is 5.10 Å². The molecule has 2 amide bonds. The fourth-order valence-electron chi connectivity index (χ4n) is 2.95. The van der Waals surface area contributed by atoms with Crippen LogP contribution < -0.4 is 10.2 Å². The number of hydrogen-bond acceptors (Lipinski definition) is 3. The molecule has 2 aromatic rings. The number of rotatable bonds is 2. The number of aromatic nitrogens is 2. The van der Waals surface area contributed by atoms with E-state index in [1.807, 2.05) is 20.8 Å². The van der Waals surface area contributed by atoms with Crippen LogP contribution in [0.4, 0.5) is 5.69 Å². The predicted molar refractivity (Wildman–Crippen MR) is 102 cm³/mol. The minimum atomic E-state index is -0.848. The second-order valence-corrected chi connectivity index (χ2v) is 7.72. The average Bonchev–Trinajstić information content (AvgIpc) is 2.97. The number of carbonyl (C=O) groups excluding carboxylic acids is 2. The minimum Gasteiger partial charge on any atom is -0.349 e. The molecule has 1 aromatic heterocycles. The Kier molecular flexibility index (Phi) is 4.63. The largest absolute Gasteiger partial charge is 0.349 e. The molecule has 1 N–H and O–H groups in total. The van der Waals surface area contributed by atoms with E-state index in [4.69, 9.17) is 11.6 Å². The molecule has 1 aliphatic heterocycles. The first kappa shape index (κ1) is 18.2. The summed E-state index contributed by atoms with van der Waals surface area (Å²) in [6.45, 7) is 7.49. The van der Waals surface area contributed by atoms with E-state index >= 15 is 0 Å². The Morgan fingerprint density at radius 1 is 1.19 bits per heavy atom. The highest BCUT2D eigenvalue weighted by Crippen LogP contribution is 2.33. The lowest BCUT2D eigenvalue weighted by Gasteiger charge is -2.31. The van der Waals surface area contributed by atoms with Gasteiger partial charge in [0.15, 0.2) is 6.04 Å². The van der Waals surface area contributed by atoms with E-state index < -0.39 is 11.6 Å². The number of allylic oxidation sites excluding steroid dienone is 1. The highest BCUT2D eigenvalue weighted by Gasteiger charge is 2.37.